The lowest BCUT2D eigenvalue weighted by Gasteiger charge is -2.14. The number of rotatable bonds is 5. The summed E-state index contributed by atoms with van der Waals surface area (Å²) in [4.78, 5) is 22.8. The molecule has 0 aliphatic rings. The molecule has 0 aliphatic heterocycles. The Bertz CT molecular complexity index is 446. The average Bonchev–Trinajstić information content (AvgIpc) is 2.28. The van der Waals surface area contributed by atoms with Crippen molar-refractivity contribution in [2.45, 2.75) is 25.1 Å². The monoisotopic (exact) mass is 312 g/mol. The molecule has 1 atom stereocenters. The summed E-state index contributed by atoms with van der Waals surface area (Å²) in [5.74, 6) is -0.315. The Morgan fingerprint density at radius 1 is 1.33 bits per heavy atom. The van der Waals surface area contributed by atoms with Crippen LogP contribution < -0.4 is 11.1 Å². The molecule has 0 aromatic heterocycles. The van der Waals surface area contributed by atoms with E-state index in [4.69, 9.17) is 5.73 Å². The first-order chi connectivity index (χ1) is 8.41. The molecule has 1 aromatic rings. The zero-order chi connectivity index (χ0) is 13.7. The number of halogens is 1. The van der Waals surface area contributed by atoms with E-state index in [1.807, 2.05) is 13.8 Å². The van der Waals surface area contributed by atoms with Gasteiger partial charge >= 0.3 is 0 Å². The molecule has 18 heavy (non-hydrogen) atoms. The molecule has 0 fully saturated rings. The maximum absolute atomic E-state index is 11.9. The van der Waals surface area contributed by atoms with E-state index in [0.717, 1.165) is 6.42 Å². The van der Waals surface area contributed by atoms with Crippen LogP contribution in [0.3, 0.4) is 0 Å². The molecule has 1 aromatic carbocycles. The zero-order valence-corrected chi connectivity index (χ0v) is 12.0. The Hall–Kier alpha value is -1.36. The molecule has 98 valence electrons. The Morgan fingerprint density at radius 3 is 2.50 bits per heavy atom. The van der Waals surface area contributed by atoms with Gasteiger partial charge in [-0.1, -0.05) is 41.9 Å². The summed E-state index contributed by atoms with van der Waals surface area (Å²) < 4.78 is 0. The van der Waals surface area contributed by atoms with Gasteiger partial charge in [0, 0.05) is 0 Å². The summed E-state index contributed by atoms with van der Waals surface area (Å²) >= 11 is 3.33. The van der Waals surface area contributed by atoms with Crippen molar-refractivity contribution in [3.8, 4) is 0 Å². The predicted octanol–water partition coefficient (Wildman–Crippen LogP) is 2.53. The highest BCUT2D eigenvalue weighted by atomic mass is 79.9. The summed E-state index contributed by atoms with van der Waals surface area (Å²) in [5.41, 5.74) is 6.01. The minimum atomic E-state index is -0.555. The van der Waals surface area contributed by atoms with Crippen LogP contribution in [0.15, 0.2) is 24.3 Å². The number of anilines is 1. The highest BCUT2D eigenvalue weighted by Crippen LogP contribution is 2.18. The van der Waals surface area contributed by atoms with Gasteiger partial charge in [0.1, 0.15) is 0 Å². The second-order valence-corrected chi connectivity index (χ2v) is 5.60. The van der Waals surface area contributed by atoms with Crippen LogP contribution in [0.5, 0.6) is 0 Å². The van der Waals surface area contributed by atoms with Crippen molar-refractivity contribution >= 4 is 33.4 Å². The van der Waals surface area contributed by atoms with E-state index >= 15 is 0 Å². The van der Waals surface area contributed by atoms with Crippen molar-refractivity contribution in [1.29, 1.82) is 0 Å². The van der Waals surface area contributed by atoms with Crippen molar-refractivity contribution in [2.24, 2.45) is 11.7 Å². The molecule has 3 N–H and O–H groups in total. The molecular formula is C13H17BrN2O2. The van der Waals surface area contributed by atoms with Crippen LogP contribution in [0.4, 0.5) is 5.69 Å². The van der Waals surface area contributed by atoms with E-state index in [1.54, 1.807) is 24.3 Å². The first-order valence-electron chi connectivity index (χ1n) is 5.75. The molecule has 1 rings (SSSR count). The van der Waals surface area contributed by atoms with Gasteiger partial charge in [-0.3, -0.25) is 9.59 Å². The molecule has 0 radical (unpaired) electrons. The maximum atomic E-state index is 11.9. The van der Waals surface area contributed by atoms with Gasteiger partial charge in [-0.15, -0.1) is 0 Å². The van der Waals surface area contributed by atoms with E-state index in [0.29, 0.717) is 17.2 Å². The number of alkyl halides is 1. The molecule has 0 spiro atoms. The van der Waals surface area contributed by atoms with Gasteiger partial charge in [-0.25, -0.2) is 0 Å². The number of amides is 2. The van der Waals surface area contributed by atoms with Crippen LogP contribution in [-0.2, 0) is 4.79 Å². The van der Waals surface area contributed by atoms with E-state index in [2.05, 4.69) is 21.2 Å². The third-order valence-electron chi connectivity index (χ3n) is 2.41. The summed E-state index contributed by atoms with van der Waals surface area (Å²) in [7, 11) is 0. The van der Waals surface area contributed by atoms with Gasteiger partial charge in [-0.2, -0.15) is 0 Å². The molecule has 0 bridgehead atoms. The summed E-state index contributed by atoms with van der Waals surface area (Å²) in [6, 6.07) is 6.69. The maximum Gasteiger partial charge on any atom is 0.250 e. The van der Waals surface area contributed by atoms with Crippen LogP contribution in [0, 0.1) is 5.92 Å². The average molecular weight is 313 g/mol. The Balaban J connectivity index is 2.79. The molecule has 0 saturated heterocycles. The smallest absolute Gasteiger partial charge is 0.250 e. The number of carbonyl (C=O) groups excluding carboxylic acids is 2. The zero-order valence-electron chi connectivity index (χ0n) is 10.4. The highest BCUT2D eigenvalue weighted by Gasteiger charge is 2.18. The lowest BCUT2D eigenvalue weighted by Crippen LogP contribution is -2.26. The summed E-state index contributed by atoms with van der Waals surface area (Å²) in [6.45, 7) is 4.08. The molecule has 0 saturated carbocycles. The van der Waals surface area contributed by atoms with Crippen LogP contribution >= 0.6 is 15.9 Å². The van der Waals surface area contributed by atoms with Crippen LogP contribution in [0.2, 0.25) is 0 Å². The van der Waals surface area contributed by atoms with Crippen molar-refractivity contribution in [3.05, 3.63) is 29.8 Å². The van der Waals surface area contributed by atoms with Gasteiger partial charge in [0.25, 0.3) is 5.91 Å². The molecule has 2 amide bonds. The first kappa shape index (κ1) is 14.7. The number of hydrogen-bond acceptors (Lipinski definition) is 2. The Kier molecular flexibility index (Phi) is 5.34. The number of benzene rings is 1. The van der Waals surface area contributed by atoms with Crippen molar-refractivity contribution in [1.82, 2.24) is 0 Å². The van der Waals surface area contributed by atoms with E-state index in [-0.39, 0.29) is 10.7 Å². The molecule has 0 heterocycles. The topological polar surface area (TPSA) is 72.2 Å². The first-order valence-corrected chi connectivity index (χ1v) is 6.67. The molecule has 5 heteroatoms. The fraction of sp³-hybridized carbons (Fsp3) is 0.385. The second kappa shape index (κ2) is 6.54. The van der Waals surface area contributed by atoms with E-state index in [9.17, 15) is 9.59 Å². The largest absolute Gasteiger partial charge is 0.366 e. The standard InChI is InChI=1S/C13H17BrN2O2/c1-8(2)7-10(14)13(18)16-11-6-4-3-5-9(11)12(15)17/h3-6,8,10H,7H2,1-2H3,(H2,15,17)(H,16,18)/t10-/m0/s1. The quantitative estimate of drug-likeness (QED) is 0.820. The Labute approximate surface area is 115 Å². The SMILES string of the molecule is CC(C)C[C@H](Br)C(=O)Nc1ccccc1C(N)=O. The lowest BCUT2D eigenvalue weighted by molar-refractivity contribution is -0.115. The summed E-state index contributed by atoms with van der Waals surface area (Å²) in [6.07, 6.45) is 0.727. The minimum Gasteiger partial charge on any atom is -0.366 e. The van der Waals surface area contributed by atoms with Crippen LogP contribution in [0.25, 0.3) is 0 Å². The van der Waals surface area contributed by atoms with Gasteiger partial charge in [0.2, 0.25) is 5.91 Å². The normalized spacial score (nSPS) is 12.2. The van der Waals surface area contributed by atoms with Crippen molar-refractivity contribution in [2.75, 3.05) is 5.32 Å². The van der Waals surface area contributed by atoms with Gasteiger partial charge in [0.15, 0.2) is 0 Å². The van der Waals surface area contributed by atoms with Gasteiger partial charge < -0.3 is 11.1 Å². The van der Waals surface area contributed by atoms with Crippen molar-refractivity contribution in [3.63, 3.8) is 0 Å². The summed E-state index contributed by atoms with van der Waals surface area (Å²) in [5, 5.41) is 2.71. The van der Waals surface area contributed by atoms with E-state index < -0.39 is 5.91 Å². The molecule has 0 aliphatic carbocycles. The fourth-order valence-corrected chi connectivity index (χ4v) is 2.40. The number of para-hydroxylation sites is 1. The second-order valence-electron chi connectivity index (χ2n) is 4.50. The number of nitrogens with two attached hydrogens (primary N) is 1. The third-order valence-corrected chi connectivity index (χ3v) is 3.20. The number of nitrogens with one attached hydrogen (secondary N) is 1. The number of hydrogen-bond donors (Lipinski definition) is 2. The molecule has 0 unspecified atom stereocenters. The molecule has 4 nitrogen and oxygen atoms in total. The lowest BCUT2D eigenvalue weighted by atomic mass is 10.1. The minimum absolute atomic E-state index is 0.169. The third kappa shape index (κ3) is 4.14. The Morgan fingerprint density at radius 2 is 1.94 bits per heavy atom. The predicted molar refractivity (Wildman–Crippen MR) is 75.8 cm³/mol. The van der Waals surface area contributed by atoms with Crippen LogP contribution in [-0.4, -0.2) is 16.6 Å². The fourth-order valence-electron chi connectivity index (χ4n) is 1.54. The van der Waals surface area contributed by atoms with E-state index in [1.165, 1.54) is 0 Å². The van der Waals surface area contributed by atoms with Crippen molar-refractivity contribution < 1.29 is 9.59 Å². The number of primary amides is 1. The number of carbonyl (C=O) groups is 2. The molecular weight excluding hydrogens is 296 g/mol. The highest BCUT2D eigenvalue weighted by molar-refractivity contribution is 9.10. The van der Waals surface area contributed by atoms with Gasteiger partial charge in [-0.05, 0) is 24.5 Å². The van der Waals surface area contributed by atoms with Gasteiger partial charge in [0.05, 0.1) is 16.1 Å². The van der Waals surface area contributed by atoms with Crippen LogP contribution in [0.1, 0.15) is 30.6 Å².